The van der Waals surface area contributed by atoms with Gasteiger partial charge in [-0.2, -0.15) is 0 Å². The van der Waals surface area contributed by atoms with Crippen molar-refractivity contribution in [2.24, 2.45) is 5.92 Å². The Hall–Kier alpha value is -4.99. The van der Waals surface area contributed by atoms with Gasteiger partial charge in [0.25, 0.3) is 5.91 Å². The molecule has 0 spiro atoms. The molecule has 0 saturated carbocycles. The molecule has 0 fully saturated rings. The second kappa shape index (κ2) is 18.2. The molecule has 9 nitrogen and oxygen atoms in total. The Morgan fingerprint density at radius 1 is 0.638 bits per heavy atom. The molecule has 246 valence electrons. The first-order valence-corrected chi connectivity index (χ1v) is 15.9. The summed E-state index contributed by atoms with van der Waals surface area (Å²) in [6.45, 7) is 3.99. The zero-order valence-corrected chi connectivity index (χ0v) is 26.8. The van der Waals surface area contributed by atoms with Gasteiger partial charge in [-0.3, -0.25) is 19.7 Å². The van der Waals surface area contributed by atoms with Gasteiger partial charge in [0.15, 0.2) is 6.61 Å². The molecule has 4 atom stereocenters. The van der Waals surface area contributed by atoms with Crippen LogP contribution in [0.3, 0.4) is 0 Å². The van der Waals surface area contributed by atoms with Crippen molar-refractivity contribution in [2.75, 3.05) is 6.61 Å². The van der Waals surface area contributed by atoms with E-state index in [1.54, 1.807) is 24.3 Å². The highest BCUT2D eigenvalue weighted by molar-refractivity contribution is 5.89. The van der Waals surface area contributed by atoms with Crippen LogP contribution in [0.4, 0.5) is 0 Å². The van der Waals surface area contributed by atoms with Crippen molar-refractivity contribution in [3.63, 3.8) is 0 Å². The summed E-state index contributed by atoms with van der Waals surface area (Å²) in [6.07, 6.45) is -1.08. The van der Waals surface area contributed by atoms with Crippen LogP contribution in [-0.4, -0.2) is 53.7 Å². The van der Waals surface area contributed by atoms with Crippen molar-refractivity contribution in [2.45, 2.75) is 57.6 Å². The minimum absolute atomic E-state index is 0.249. The van der Waals surface area contributed by atoms with Gasteiger partial charge in [0.2, 0.25) is 11.8 Å². The van der Waals surface area contributed by atoms with Gasteiger partial charge in [0.05, 0.1) is 12.1 Å². The summed E-state index contributed by atoms with van der Waals surface area (Å²) < 4.78 is 5.57. The SMILES string of the molecule is CC(C)[C@H](NC(=O)COc1ccccc1)C(=O)N[C@@H](Cc1ccccc1)[C@@H](O)[C@@H](NCc1ccccc1)C(=O)NCc1ccccc1. The van der Waals surface area contributed by atoms with Crippen molar-refractivity contribution < 1.29 is 24.2 Å². The average Bonchev–Trinajstić information content (AvgIpc) is 3.10. The summed E-state index contributed by atoms with van der Waals surface area (Å²) in [5, 5.41) is 23.8. The van der Waals surface area contributed by atoms with Crippen LogP contribution in [0, 0.1) is 5.92 Å². The van der Waals surface area contributed by atoms with Crippen molar-refractivity contribution >= 4 is 17.7 Å². The molecule has 4 rings (SSSR count). The van der Waals surface area contributed by atoms with Gasteiger partial charge in [0.1, 0.15) is 17.8 Å². The lowest BCUT2D eigenvalue weighted by Crippen LogP contribution is -2.61. The molecule has 47 heavy (non-hydrogen) atoms. The predicted octanol–water partition coefficient (Wildman–Crippen LogP) is 3.77. The van der Waals surface area contributed by atoms with E-state index in [-0.39, 0.29) is 25.5 Å². The number of hydrogen-bond acceptors (Lipinski definition) is 6. The molecule has 0 aliphatic carbocycles. The standard InChI is InChI=1S/C38H44N4O5/c1-27(2)34(42-33(43)26-47-31-21-13-6-14-22-31)38(46)41-32(23-28-15-7-3-8-16-28)36(44)35(39-24-29-17-9-4-10-18-29)37(45)40-25-30-19-11-5-12-20-30/h3-22,27,32,34-36,39,44H,23-26H2,1-2H3,(H,40,45)(H,41,46)(H,42,43)/t32-,34-,35+,36+/m0/s1. The van der Waals surface area contributed by atoms with E-state index in [0.29, 0.717) is 12.3 Å². The van der Waals surface area contributed by atoms with Gasteiger partial charge in [-0.05, 0) is 41.2 Å². The van der Waals surface area contributed by atoms with Crippen LogP contribution >= 0.6 is 0 Å². The fraction of sp³-hybridized carbons (Fsp3) is 0.289. The van der Waals surface area contributed by atoms with Gasteiger partial charge in [0, 0.05) is 13.1 Å². The Kier molecular flexibility index (Phi) is 13.5. The number of para-hydroxylation sites is 1. The van der Waals surface area contributed by atoms with Gasteiger partial charge < -0.3 is 25.8 Å². The summed E-state index contributed by atoms with van der Waals surface area (Å²) in [7, 11) is 0. The zero-order valence-electron chi connectivity index (χ0n) is 26.8. The van der Waals surface area contributed by atoms with E-state index in [1.165, 1.54) is 0 Å². The maximum Gasteiger partial charge on any atom is 0.258 e. The molecule has 0 aromatic heterocycles. The van der Waals surface area contributed by atoms with Gasteiger partial charge in [-0.1, -0.05) is 123 Å². The van der Waals surface area contributed by atoms with Gasteiger partial charge in [-0.15, -0.1) is 0 Å². The molecule has 0 bridgehead atoms. The first kappa shape index (κ1) is 34.9. The third kappa shape index (κ3) is 11.4. The Balaban J connectivity index is 1.52. The number of benzene rings is 4. The van der Waals surface area contributed by atoms with E-state index in [9.17, 15) is 19.5 Å². The van der Waals surface area contributed by atoms with Crippen LogP contribution in [0.1, 0.15) is 30.5 Å². The summed E-state index contributed by atoms with van der Waals surface area (Å²) in [5.74, 6) is -1.06. The number of amides is 3. The average molecular weight is 637 g/mol. The Labute approximate surface area is 276 Å². The number of aliphatic hydroxyl groups is 1. The largest absolute Gasteiger partial charge is 0.484 e. The number of ether oxygens (including phenoxy) is 1. The van der Waals surface area contributed by atoms with Crippen LogP contribution in [0.15, 0.2) is 121 Å². The third-order valence-electron chi connectivity index (χ3n) is 7.72. The summed E-state index contributed by atoms with van der Waals surface area (Å²) in [5.41, 5.74) is 2.72. The number of rotatable bonds is 17. The normalized spacial score (nSPS) is 13.5. The Morgan fingerprint density at radius 2 is 1.15 bits per heavy atom. The quantitative estimate of drug-likeness (QED) is 0.120. The number of carbonyl (C=O) groups is 3. The molecule has 4 aromatic rings. The molecule has 3 amide bonds. The smallest absolute Gasteiger partial charge is 0.258 e. The molecule has 4 aromatic carbocycles. The second-order valence-corrected chi connectivity index (χ2v) is 11.7. The maximum absolute atomic E-state index is 13.8. The van der Waals surface area contributed by atoms with Crippen molar-refractivity contribution in [3.05, 3.63) is 138 Å². The lowest BCUT2D eigenvalue weighted by molar-refractivity contribution is -0.133. The molecule has 0 aliphatic rings. The second-order valence-electron chi connectivity index (χ2n) is 11.7. The lowest BCUT2D eigenvalue weighted by Gasteiger charge is -2.32. The summed E-state index contributed by atoms with van der Waals surface area (Å²) in [6, 6.07) is 34.6. The first-order chi connectivity index (χ1) is 22.8. The van der Waals surface area contributed by atoms with E-state index in [0.717, 1.165) is 16.7 Å². The number of nitrogens with one attached hydrogen (secondary N) is 4. The monoisotopic (exact) mass is 636 g/mol. The zero-order chi connectivity index (χ0) is 33.4. The molecule has 0 saturated heterocycles. The molecule has 0 aliphatic heterocycles. The van der Waals surface area contributed by atoms with Crippen molar-refractivity contribution in [3.8, 4) is 5.75 Å². The topological polar surface area (TPSA) is 129 Å². The van der Waals surface area contributed by atoms with Crippen LogP contribution in [0.5, 0.6) is 5.75 Å². The number of aliphatic hydroxyl groups excluding tert-OH is 1. The van der Waals surface area contributed by atoms with Crippen LogP contribution in [0.25, 0.3) is 0 Å². The molecule has 0 unspecified atom stereocenters. The highest BCUT2D eigenvalue weighted by Crippen LogP contribution is 2.14. The van der Waals surface area contributed by atoms with E-state index in [1.807, 2.05) is 111 Å². The first-order valence-electron chi connectivity index (χ1n) is 15.9. The van der Waals surface area contributed by atoms with Crippen LogP contribution in [0.2, 0.25) is 0 Å². The molecular formula is C38H44N4O5. The maximum atomic E-state index is 13.8. The highest BCUT2D eigenvalue weighted by atomic mass is 16.5. The van der Waals surface area contributed by atoms with Crippen molar-refractivity contribution in [1.29, 1.82) is 0 Å². The Morgan fingerprint density at radius 3 is 1.70 bits per heavy atom. The van der Waals surface area contributed by atoms with E-state index >= 15 is 0 Å². The van der Waals surface area contributed by atoms with Gasteiger partial charge in [-0.25, -0.2) is 0 Å². The predicted molar refractivity (Wildman–Crippen MR) is 182 cm³/mol. The third-order valence-corrected chi connectivity index (χ3v) is 7.72. The molecule has 0 radical (unpaired) electrons. The van der Waals surface area contributed by atoms with Gasteiger partial charge >= 0.3 is 0 Å². The number of carbonyl (C=O) groups excluding carboxylic acids is 3. The lowest BCUT2D eigenvalue weighted by atomic mass is 9.94. The molecule has 9 heteroatoms. The molecule has 5 N–H and O–H groups in total. The van der Waals surface area contributed by atoms with Crippen LogP contribution < -0.4 is 26.0 Å². The fourth-order valence-corrected chi connectivity index (χ4v) is 5.13. The number of hydrogen-bond donors (Lipinski definition) is 5. The van der Waals surface area contributed by atoms with E-state index in [4.69, 9.17) is 4.74 Å². The molecule has 0 heterocycles. The fourth-order valence-electron chi connectivity index (χ4n) is 5.13. The Bertz CT molecular complexity index is 1520. The highest BCUT2D eigenvalue weighted by Gasteiger charge is 2.36. The van der Waals surface area contributed by atoms with Crippen molar-refractivity contribution in [1.82, 2.24) is 21.3 Å². The minimum Gasteiger partial charge on any atom is -0.484 e. The summed E-state index contributed by atoms with van der Waals surface area (Å²) >= 11 is 0. The summed E-state index contributed by atoms with van der Waals surface area (Å²) in [4.78, 5) is 40.3. The minimum atomic E-state index is -1.33. The van der Waals surface area contributed by atoms with Crippen LogP contribution in [-0.2, 0) is 33.9 Å². The van der Waals surface area contributed by atoms with E-state index < -0.39 is 42.0 Å². The molecular weight excluding hydrogens is 592 g/mol. The van der Waals surface area contributed by atoms with E-state index in [2.05, 4.69) is 21.3 Å².